The second kappa shape index (κ2) is 6.61. The molecule has 1 heterocycles. The molecule has 0 amide bonds. The Kier molecular flexibility index (Phi) is 5.43. The fourth-order valence-corrected chi connectivity index (χ4v) is 2.12. The van der Waals surface area contributed by atoms with E-state index in [2.05, 4.69) is 15.1 Å². The van der Waals surface area contributed by atoms with Gasteiger partial charge in [-0.25, -0.2) is 0 Å². The van der Waals surface area contributed by atoms with Gasteiger partial charge in [0.25, 0.3) is 0 Å². The number of aromatic nitrogens is 3. The average Bonchev–Trinajstić information content (AvgIpc) is 2.65. The Morgan fingerprint density at radius 2 is 2.18 bits per heavy atom. The van der Waals surface area contributed by atoms with Crippen LogP contribution < -0.4 is 0 Å². The van der Waals surface area contributed by atoms with Crippen LogP contribution in [0.5, 0.6) is 0 Å². The second-order valence-electron chi connectivity index (χ2n) is 3.88. The van der Waals surface area contributed by atoms with E-state index >= 15 is 0 Å². The van der Waals surface area contributed by atoms with Crippen molar-refractivity contribution < 1.29 is 9.90 Å². The Morgan fingerprint density at radius 1 is 1.47 bits per heavy atom. The zero-order valence-corrected chi connectivity index (χ0v) is 11.2. The zero-order chi connectivity index (χ0) is 12.8. The number of aliphatic carboxylic acids is 1. The maximum absolute atomic E-state index is 10.5. The molecule has 0 aliphatic rings. The number of nitrogens with zero attached hydrogens (tertiary/aromatic N) is 4. The van der Waals surface area contributed by atoms with Crippen LogP contribution in [-0.2, 0) is 17.8 Å². The molecule has 0 spiro atoms. The molecule has 6 nitrogen and oxygen atoms in total. The van der Waals surface area contributed by atoms with E-state index in [-0.39, 0.29) is 5.75 Å². The molecule has 1 aromatic rings. The van der Waals surface area contributed by atoms with Crippen LogP contribution in [0.4, 0.5) is 0 Å². The summed E-state index contributed by atoms with van der Waals surface area (Å²) < 4.78 is 1.97. The van der Waals surface area contributed by atoms with Crippen molar-refractivity contribution in [3.63, 3.8) is 0 Å². The molecule has 0 atom stereocenters. The summed E-state index contributed by atoms with van der Waals surface area (Å²) in [6.45, 7) is 3.67. The third-order valence-electron chi connectivity index (χ3n) is 2.22. The van der Waals surface area contributed by atoms with Crippen molar-refractivity contribution in [3.8, 4) is 0 Å². The van der Waals surface area contributed by atoms with Crippen LogP contribution in [0.2, 0.25) is 0 Å². The highest BCUT2D eigenvalue weighted by atomic mass is 32.2. The van der Waals surface area contributed by atoms with Gasteiger partial charge in [-0.1, -0.05) is 11.8 Å². The molecule has 0 saturated heterocycles. The van der Waals surface area contributed by atoms with Gasteiger partial charge in [0.15, 0.2) is 5.16 Å². The van der Waals surface area contributed by atoms with Crippen molar-refractivity contribution in [2.75, 3.05) is 26.4 Å². The highest BCUT2D eigenvalue weighted by Crippen LogP contribution is 2.16. The molecule has 0 fully saturated rings. The highest BCUT2D eigenvalue weighted by Gasteiger charge is 2.12. The second-order valence-corrected chi connectivity index (χ2v) is 4.82. The first-order valence-corrected chi connectivity index (χ1v) is 6.44. The number of hydrogen-bond donors (Lipinski definition) is 1. The SMILES string of the molecule is CCn1c(CCN(C)C)nnc1SCC(=O)O. The first-order chi connectivity index (χ1) is 8.04. The molecule has 0 radical (unpaired) electrons. The van der Waals surface area contributed by atoms with E-state index in [0.717, 1.165) is 25.3 Å². The van der Waals surface area contributed by atoms with Crippen LogP contribution in [0.25, 0.3) is 0 Å². The molecule has 0 aliphatic carbocycles. The van der Waals surface area contributed by atoms with Gasteiger partial charge in [-0.15, -0.1) is 10.2 Å². The van der Waals surface area contributed by atoms with Gasteiger partial charge in [-0.3, -0.25) is 4.79 Å². The lowest BCUT2D eigenvalue weighted by Crippen LogP contribution is -2.17. The fraction of sp³-hybridized carbons (Fsp3) is 0.700. The van der Waals surface area contributed by atoms with E-state index in [1.807, 2.05) is 25.6 Å². The molecule has 0 unspecified atom stereocenters. The van der Waals surface area contributed by atoms with Crippen LogP contribution in [0.3, 0.4) is 0 Å². The number of thioether (sulfide) groups is 1. The predicted molar refractivity (Wildman–Crippen MR) is 66.3 cm³/mol. The average molecular weight is 258 g/mol. The minimum atomic E-state index is -0.838. The number of rotatable bonds is 7. The Morgan fingerprint density at radius 3 is 2.71 bits per heavy atom. The molecule has 0 aliphatic heterocycles. The molecule has 17 heavy (non-hydrogen) atoms. The van der Waals surface area contributed by atoms with E-state index < -0.39 is 5.97 Å². The monoisotopic (exact) mass is 258 g/mol. The van der Waals surface area contributed by atoms with Crippen molar-refractivity contribution in [3.05, 3.63) is 5.82 Å². The van der Waals surface area contributed by atoms with E-state index in [0.29, 0.717) is 5.16 Å². The standard InChI is InChI=1S/C10H18N4O2S/c1-4-14-8(5-6-13(2)3)11-12-10(14)17-7-9(15)16/h4-7H2,1-3H3,(H,15,16). The van der Waals surface area contributed by atoms with Gasteiger partial charge in [-0.05, 0) is 21.0 Å². The summed E-state index contributed by atoms with van der Waals surface area (Å²) in [5.41, 5.74) is 0. The molecule has 1 N–H and O–H groups in total. The van der Waals surface area contributed by atoms with E-state index in [1.54, 1.807) is 0 Å². The van der Waals surface area contributed by atoms with Crippen molar-refractivity contribution in [1.82, 2.24) is 19.7 Å². The summed E-state index contributed by atoms with van der Waals surface area (Å²) in [5.74, 6) is 0.0933. The number of hydrogen-bond acceptors (Lipinski definition) is 5. The Hall–Kier alpha value is -1.08. The normalized spacial score (nSPS) is 11.1. The van der Waals surface area contributed by atoms with Crippen LogP contribution >= 0.6 is 11.8 Å². The lowest BCUT2D eigenvalue weighted by atomic mass is 10.4. The van der Waals surface area contributed by atoms with Gasteiger partial charge < -0.3 is 14.6 Å². The fourth-order valence-electron chi connectivity index (χ4n) is 1.38. The maximum Gasteiger partial charge on any atom is 0.313 e. The first kappa shape index (κ1) is 14.0. The summed E-state index contributed by atoms with van der Waals surface area (Å²) in [6, 6.07) is 0. The number of carboxylic acid groups (broad SMARTS) is 1. The zero-order valence-electron chi connectivity index (χ0n) is 10.4. The topological polar surface area (TPSA) is 71.2 Å². The molecular formula is C10H18N4O2S. The smallest absolute Gasteiger partial charge is 0.313 e. The highest BCUT2D eigenvalue weighted by molar-refractivity contribution is 7.99. The minimum absolute atomic E-state index is 0.0197. The summed E-state index contributed by atoms with van der Waals surface area (Å²) in [4.78, 5) is 12.6. The summed E-state index contributed by atoms with van der Waals surface area (Å²) >= 11 is 1.21. The summed E-state index contributed by atoms with van der Waals surface area (Å²) in [6.07, 6.45) is 0.821. The Labute approximate surface area is 105 Å². The van der Waals surface area contributed by atoms with Gasteiger partial charge in [0, 0.05) is 19.5 Å². The molecule has 96 valence electrons. The van der Waals surface area contributed by atoms with Crippen molar-refractivity contribution >= 4 is 17.7 Å². The summed E-state index contributed by atoms with van der Waals surface area (Å²) in [5, 5.41) is 17.5. The van der Waals surface area contributed by atoms with Crippen LogP contribution in [0.1, 0.15) is 12.7 Å². The molecule has 1 rings (SSSR count). The van der Waals surface area contributed by atoms with Crippen LogP contribution in [0.15, 0.2) is 5.16 Å². The number of likely N-dealkylation sites (N-methyl/N-ethyl adjacent to an activating group) is 1. The molecular weight excluding hydrogens is 240 g/mol. The Bertz CT molecular complexity index is 378. The predicted octanol–water partition coefficient (Wildman–Crippen LogP) is 0.579. The third kappa shape index (κ3) is 4.35. The third-order valence-corrected chi connectivity index (χ3v) is 3.17. The lowest BCUT2D eigenvalue weighted by Gasteiger charge is -2.10. The van der Waals surface area contributed by atoms with Crippen LogP contribution in [-0.4, -0.2) is 57.1 Å². The largest absolute Gasteiger partial charge is 0.481 e. The van der Waals surface area contributed by atoms with E-state index in [1.165, 1.54) is 11.8 Å². The van der Waals surface area contributed by atoms with E-state index in [4.69, 9.17) is 5.11 Å². The molecule has 7 heteroatoms. The van der Waals surface area contributed by atoms with Gasteiger partial charge in [0.1, 0.15) is 5.82 Å². The Balaban J connectivity index is 2.69. The molecule has 0 saturated carbocycles. The van der Waals surface area contributed by atoms with Crippen LogP contribution in [0, 0.1) is 0 Å². The van der Waals surface area contributed by atoms with Gasteiger partial charge in [0.2, 0.25) is 0 Å². The quantitative estimate of drug-likeness (QED) is 0.721. The van der Waals surface area contributed by atoms with Gasteiger partial charge >= 0.3 is 5.97 Å². The molecule has 0 aromatic carbocycles. The van der Waals surface area contributed by atoms with Crippen molar-refractivity contribution in [2.24, 2.45) is 0 Å². The van der Waals surface area contributed by atoms with Crippen molar-refractivity contribution in [2.45, 2.75) is 25.0 Å². The van der Waals surface area contributed by atoms with Crippen molar-refractivity contribution in [1.29, 1.82) is 0 Å². The number of carboxylic acids is 1. The van der Waals surface area contributed by atoms with Gasteiger partial charge in [0.05, 0.1) is 5.75 Å². The maximum atomic E-state index is 10.5. The lowest BCUT2D eigenvalue weighted by molar-refractivity contribution is -0.133. The first-order valence-electron chi connectivity index (χ1n) is 5.46. The summed E-state index contributed by atoms with van der Waals surface area (Å²) in [7, 11) is 4.01. The van der Waals surface area contributed by atoms with E-state index in [9.17, 15) is 4.79 Å². The molecule has 1 aromatic heterocycles. The van der Waals surface area contributed by atoms with Gasteiger partial charge in [-0.2, -0.15) is 0 Å². The number of carbonyl (C=O) groups is 1. The minimum Gasteiger partial charge on any atom is -0.481 e. The molecule has 0 bridgehead atoms.